The summed E-state index contributed by atoms with van der Waals surface area (Å²) in [6, 6.07) is 13.6. The van der Waals surface area contributed by atoms with Gasteiger partial charge in [-0.3, -0.25) is 14.4 Å². The van der Waals surface area contributed by atoms with Crippen LogP contribution in [-0.2, 0) is 14.8 Å². The average molecular weight is 467 g/mol. The van der Waals surface area contributed by atoms with Crippen LogP contribution in [0.15, 0.2) is 64.2 Å². The molecule has 1 aliphatic carbocycles. The van der Waals surface area contributed by atoms with Crippen molar-refractivity contribution >= 4 is 44.5 Å². The molecule has 0 bridgehead atoms. The molecular weight excluding hydrogens is 448 g/mol. The van der Waals surface area contributed by atoms with E-state index in [1.165, 1.54) is 10.4 Å². The van der Waals surface area contributed by atoms with Crippen molar-refractivity contribution in [3.63, 3.8) is 0 Å². The Morgan fingerprint density at radius 2 is 1.66 bits per heavy atom. The van der Waals surface area contributed by atoms with Crippen molar-refractivity contribution in [3.05, 3.63) is 82.2 Å². The van der Waals surface area contributed by atoms with E-state index in [1.54, 1.807) is 53.9 Å². The highest BCUT2D eigenvalue weighted by Gasteiger charge is 2.40. The molecule has 1 atom stereocenters. The summed E-state index contributed by atoms with van der Waals surface area (Å²) < 4.78 is 27.4. The number of nitrogens with one attached hydrogen (secondary N) is 1. The zero-order valence-electron chi connectivity index (χ0n) is 16.8. The fraction of sp³-hybridized carbons (Fsp3) is 0.174. The van der Waals surface area contributed by atoms with Crippen molar-refractivity contribution < 1.29 is 22.8 Å². The van der Waals surface area contributed by atoms with Gasteiger partial charge in [-0.05, 0) is 30.4 Å². The summed E-state index contributed by atoms with van der Waals surface area (Å²) in [5, 5.41) is 4.40. The predicted octanol–water partition coefficient (Wildman–Crippen LogP) is 3.32. The van der Waals surface area contributed by atoms with Crippen LogP contribution in [-0.4, -0.2) is 42.8 Å². The van der Waals surface area contributed by atoms with Crippen LogP contribution >= 0.6 is 11.3 Å². The third-order valence-corrected chi connectivity index (χ3v) is 9.06. The first-order valence-electron chi connectivity index (χ1n) is 10.1. The molecule has 1 amide bonds. The lowest BCUT2D eigenvalue weighted by molar-refractivity contribution is -0.119. The molecule has 2 aromatic carbocycles. The van der Waals surface area contributed by atoms with E-state index in [0.29, 0.717) is 18.4 Å². The van der Waals surface area contributed by atoms with Gasteiger partial charge in [0, 0.05) is 23.2 Å². The Hall–Kier alpha value is -3.14. The molecular formula is C23H18N2O5S2. The molecule has 1 N–H and O–H groups in total. The number of hydrogen-bond acceptors (Lipinski definition) is 6. The van der Waals surface area contributed by atoms with Crippen LogP contribution in [0.4, 0.5) is 5.69 Å². The smallest absolute Gasteiger partial charge is 0.253 e. The molecule has 3 aromatic rings. The van der Waals surface area contributed by atoms with Crippen LogP contribution in [0, 0.1) is 0 Å². The van der Waals surface area contributed by atoms with Crippen molar-refractivity contribution in [2.24, 2.45) is 0 Å². The van der Waals surface area contributed by atoms with Gasteiger partial charge in [-0.2, -0.15) is 4.31 Å². The number of carbonyl (C=O) groups excluding carboxylic acids is 3. The van der Waals surface area contributed by atoms with Crippen molar-refractivity contribution in [1.82, 2.24) is 4.31 Å². The molecule has 1 saturated heterocycles. The number of hydrogen-bond donors (Lipinski definition) is 1. The lowest BCUT2D eigenvalue weighted by atomic mass is 9.83. The first-order valence-corrected chi connectivity index (χ1v) is 12.4. The highest BCUT2D eigenvalue weighted by atomic mass is 32.2. The van der Waals surface area contributed by atoms with E-state index in [1.807, 2.05) is 0 Å². The predicted molar refractivity (Wildman–Crippen MR) is 120 cm³/mol. The van der Waals surface area contributed by atoms with Gasteiger partial charge in [-0.15, -0.1) is 11.3 Å². The Kier molecular flexibility index (Phi) is 5.04. The number of amides is 1. The van der Waals surface area contributed by atoms with E-state index < -0.39 is 22.0 Å². The van der Waals surface area contributed by atoms with Crippen LogP contribution in [0.25, 0.3) is 0 Å². The molecule has 1 aliphatic heterocycles. The molecule has 0 spiro atoms. The quantitative estimate of drug-likeness (QED) is 0.497. The third kappa shape index (κ3) is 3.21. The fourth-order valence-electron chi connectivity index (χ4n) is 4.28. The molecule has 1 unspecified atom stereocenters. The summed E-state index contributed by atoms with van der Waals surface area (Å²) in [5.41, 5.74) is 1.18. The summed E-state index contributed by atoms with van der Waals surface area (Å²) in [6.07, 6.45) is 0.932. The first kappa shape index (κ1) is 20.7. The molecule has 0 saturated carbocycles. The number of rotatable bonds is 4. The van der Waals surface area contributed by atoms with Crippen molar-refractivity contribution in [2.45, 2.75) is 23.1 Å². The van der Waals surface area contributed by atoms with Gasteiger partial charge >= 0.3 is 0 Å². The van der Waals surface area contributed by atoms with Gasteiger partial charge in [0.2, 0.25) is 5.91 Å². The summed E-state index contributed by atoms with van der Waals surface area (Å²) in [5.74, 6) is -1.15. The van der Waals surface area contributed by atoms with Crippen molar-refractivity contribution in [3.8, 4) is 0 Å². The van der Waals surface area contributed by atoms with Gasteiger partial charge in [0.05, 0.1) is 11.3 Å². The molecule has 7 nitrogen and oxygen atoms in total. The summed E-state index contributed by atoms with van der Waals surface area (Å²) in [7, 11) is -3.79. The van der Waals surface area contributed by atoms with Crippen LogP contribution in [0.1, 0.15) is 44.7 Å². The lowest BCUT2D eigenvalue weighted by Crippen LogP contribution is -2.43. The Labute approximate surface area is 188 Å². The summed E-state index contributed by atoms with van der Waals surface area (Å²) in [6.45, 7) is 0.246. The number of nitrogens with zero attached hydrogens (tertiary/aromatic N) is 1. The largest absolute Gasteiger partial charge is 0.324 e. The van der Waals surface area contributed by atoms with Crippen molar-refractivity contribution in [2.75, 3.05) is 11.9 Å². The minimum atomic E-state index is -3.79. The highest BCUT2D eigenvalue weighted by molar-refractivity contribution is 7.91. The minimum absolute atomic E-state index is 0.134. The molecule has 162 valence electrons. The Morgan fingerprint density at radius 3 is 2.38 bits per heavy atom. The zero-order valence-corrected chi connectivity index (χ0v) is 18.4. The van der Waals surface area contributed by atoms with E-state index >= 15 is 0 Å². The fourth-order valence-corrected chi connectivity index (χ4v) is 7.06. The van der Waals surface area contributed by atoms with Crippen LogP contribution < -0.4 is 5.32 Å². The monoisotopic (exact) mass is 466 g/mol. The maximum Gasteiger partial charge on any atom is 0.253 e. The van der Waals surface area contributed by atoms with Crippen LogP contribution in [0.5, 0.6) is 0 Å². The highest BCUT2D eigenvalue weighted by Crippen LogP contribution is 2.33. The molecule has 32 heavy (non-hydrogen) atoms. The lowest BCUT2D eigenvalue weighted by Gasteiger charge is -2.24. The van der Waals surface area contributed by atoms with Gasteiger partial charge in [0.15, 0.2) is 11.6 Å². The maximum atomic E-state index is 13.2. The number of fused-ring (bicyclic) bond motifs is 2. The van der Waals surface area contributed by atoms with E-state index in [9.17, 15) is 22.8 Å². The Bertz CT molecular complexity index is 1360. The molecule has 1 fully saturated rings. The number of ketones is 2. The molecule has 1 aromatic heterocycles. The average Bonchev–Trinajstić information content (AvgIpc) is 3.50. The van der Waals surface area contributed by atoms with Gasteiger partial charge in [-0.1, -0.05) is 42.5 Å². The van der Waals surface area contributed by atoms with E-state index in [2.05, 4.69) is 5.32 Å². The number of benzene rings is 2. The second kappa shape index (κ2) is 7.77. The SMILES string of the molecule is O=C1c2ccccc2C(=O)c2c(NC(=O)C3CCCN3S(=O)(=O)c3cccs3)cccc21. The second-order valence-corrected chi connectivity index (χ2v) is 10.7. The molecule has 9 heteroatoms. The first-order chi connectivity index (χ1) is 15.4. The number of sulfonamides is 1. The minimum Gasteiger partial charge on any atom is -0.324 e. The standard InChI is InChI=1S/C23H18N2O5S2/c26-21-14-6-1-2-7-15(14)22(27)20-16(21)8-3-9-17(20)24-23(28)18-10-4-12-25(18)32(29,30)19-11-5-13-31-19/h1-3,5-9,11,13,18H,4,10,12H2,(H,24,28). The van der Waals surface area contributed by atoms with Gasteiger partial charge in [0.25, 0.3) is 10.0 Å². The van der Waals surface area contributed by atoms with E-state index in [0.717, 1.165) is 11.3 Å². The van der Waals surface area contributed by atoms with E-state index in [4.69, 9.17) is 0 Å². The number of anilines is 1. The van der Waals surface area contributed by atoms with Crippen LogP contribution in [0.2, 0.25) is 0 Å². The van der Waals surface area contributed by atoms with Gasteiger partial charge < -0.3 is 5.32 Å². The topological polar surface area (TPSA) is 101 Å². The maximum absolute atomic E-state index is 13.2. The zero-order chi connectivity index (χ0) is 22.5. The Morgan fingerprint density at radius 1 is 0.938 bits per heavy atom. The van der Waals surface area contributed by atoms with Crippen molar-refractivity contribution in [1.29, 1.82) is 0 Å². The van der Waals surface area contributed by atoms with Gasteiger partial charge in [0.1, 0.15) is 10.3 Å². The number of thiophene rings is 1. The second-order valence-electron chi connectivity index (χ2n) is 7.63. The molecule has 5 rings (SSSR count). The third-order valence-electron chi connectivity index (χ3n) is 5.77. The normalized spacial score (nSPS) is 18.3. The molecule has 2 heterocycles. The number of carbonyl (C=O) groups is 3. The molecule has 0 radical (unpaired) electrons. The van der Waals surface area contributed by atoms with Gasteiger partial charge in [-0.25, -0.2) is 8.42 Å². The molecule has 2 aliphatic rings. The van der Waals surface area contributed by atoms with E-state index in [-0.39, 0.29) is 44.7 Å². The summed E-state index contributed by atoms with van der Waals surface area (Å²) >= 11 is 1.10. The Balaban J connectivity index is 1.47. The van der Waals surface area contributed by atoms with Crippen LogP contribution in [0.3, 0.4) is 0 Å². The summed E-state index contributed by atoms with van der Waals surface area (Å²) in [4.78, 5) is 39.2.